The van der Waals surface area contributed by atoms with Gasteiger partial charge in [0.2, 0.25) is 0 Å². The highest BCUT2D eigenvalue weighted by molar-refractivity contribution is 6.73. The molecule has 1 aliphatic heterocycles. The Bertz CT molecular complexity index is 447. The first kappa shape index (κ1) is 12.4. The molecule has 1 fully saturated rings. The van der Waals surface area contributed by atoms with Gasteiger partial charge in [-0.05, 0) is 37.9 Å². The molecule has 1 aromatic rings. The van der Waals surface area contributed by atoms with Crippen LogP contribution in [-0.4, -0.2) is 12.5 Å². The number of rotatable bonds is 1. The summed E-state index contributed by atoms with van der Waals surface area (Å²) in [7, 11) is 0. The van der Waals surface area contributed by atoms with E-state index in [-0.39, 0.29) is 29.3 Å². The number of aryl methyl sites for hydroxylation is 1. The highest BCUT2D eigenvalue weighted by Crippen LogP contribution is 2.53. The van der Waals surface area contributed by atoms with Crippen LogP contribution in [0.4, 0.5) is 10.1 Å². The highest BCUT2D eigenvalue weighted by atomic mass is 19.1. The SMILES string of the molecule is Cc1cc(B2OC(C)(C)C2(C)C)cc(N)c1F. The van der Waals surface area contributed by atoms with E-state index in [1.54, 1.807) is 13.0 Å². The van der Waals surface area contributed by atoms with Gasteiger partial charge in [0.15, 0.2) is 0 Å². The minimum Gasteiger partial charge on any atom is -0.425 e. The van der Waals surface area contributed by atoms with Gasteiger partial charge >= 0.3 is 6.92 Å². The number of hydrogen-bond acceptors (Lipinski definition) is 2. The first-order valence-corrected chi connectivity index (χ1v) is 5.90. The molecule has 1 aromatic carbocycles. The van der Waals surface area contributed by atoms with E-state index in [0.717, 1.165) is 5.46 Å². The van der Waals surface area contributed by atoms with Crippen molar-refractivity contribution in [1.29, 1.82) is 0 Å². The van der Waals surface area contributed by atoms with Crippen LogP contribution < -0.4 is 11.2 Å². The molecular formula is C13H19BFNO. The van der Waals surface area contributed by atoms with Gasteiger partial charge in [0.1, 0.15) is 5.82 Å². The van der Waals surface area contributed by atoms with Gasteiger partial charge < -0.3 is 10.4 Å². The third kappa shape index (κ3) is 1.66. The summed E-state index contributed by atoms with van der Waals surface area (Å²) in [5, 5.41) is 0.0176. The van der Waals surface area contributed by atoms with E-state index in [9.17, 15) is 4.39 Å². The summed E-state index contributed by atoms with van der Waals surface area (Å²) in [6.45, 7) is 10.2. The highest BCUT2D eigenvalue weighted by Gasteiger charge is 2.59. The Hall–Kier alpha value is -1.03. The van der Waals surface area contributed by atoms with Crippen molar-refractivity contribution >= 4 is 18.1 Å². The summed E-state index contributed by atoms with van der Waals surface area (Å²) in [4.78, 5) is 0. The Morgan fingerprint density at radius 3 is 2.24 bits per heavy atom. The Balaban J connectivity index is 2.39. The maximum absolute atomic E-state index is 13.5. The monoisotopic (exact) mass is 235 g/mol. The van der Waals surface area contributed by atoms with E-state index in [1.165, 1.54) is 0 Å². The molecule has 0 atom stereocenters. The van der Waals surface area contributed by atoms with Gasteiger partial charge in [-0.25, -0.2) is 4.39 Å². The summed E-state index contributed by atoms with van der Waals surface area (Å²) in [5.41, 5.74) is 7.24. The first-order valence-electron chi connectivity index (χ1n) is 5.90. The largest absolute Gasteiger partial charge is 0.425 e. The van der Waals surface area contributed by atoms with Crippen LogP contribution in [0.5, 0.6) is 0 Å². The molecule has 4 heteroatoms. The molecule has 2 nitrogen and oxygen atoms in total. The minimum absolute atomic E-state index is 0.0147. The molecule has 0 saturated carbocycles. The van der Waals surface area contributed by atoms with Crippen molar-refractivity contribution in [3.63, 3.8) is 0 Å². The van der Waals surface area contributed by atoms with E-state index in [4.69, 9.17) is 10.4 Å². The molecular weight excluding hydrogens is 216 g/mol. The van der Waals surface area contributed by atoms with Crippen molar-refractivity contribution in [3.8, 4) is 0 Å². The predicted molar refractivity (Wildman–Crippen MR) is 70.1 cm³/mol. The van der Waals surface area contributed by atoms with Crippen molar-refractivity contribution < 1.29 is 9.04 Å². The van der Waals surface area contributed by atoms with Crippen molar-refractivity contribution in [2.45, 2.75) is 45.5 Å². The summed E-state index contributed by atoms with van der Waals surface area (Å²) < 4.78 is 19.4. The standard InChI is InChI=1S/C13H19BFNO/c1-8-6-9(7-10(16)11(8)15)14-12(2,3)13(4,5)17-14/h6-7H,16H2,1-5H3. The lowest BCUT2D eigenvalue weighted by molar-refractivity contribution is -0.00940. The fourth-order valence-corrected chi connectivity index (χ4v) is 2.31. The van der Waals surface area contributed by atoms with Crippen LogP contribution >= 0.6 is 0 Å². The van der Waals surface area contributed by atoms with Crippen molar-refractivity contribution in [2.75, 3.05) is 5.73 Å². The molecule has 17 heavy (non-hydrogen) atoms. The third-order valence-corrected chi connectivity index (χ3v) is 4.23. The number of nitrogens with two attached hydrogens (primary N) is 1. The van der Waals surface area contributed by atoms with Crippen LogP contribution in [0.2, 0.25) is 5.31 Å². The predicted octanol–water partition coefficient (Wildman–Crippen LogP) is 2.50. The summed E-state index contributed by atoms with van der Waals surface area (Å²) in [6.07, 6.45) is 0. The fraction of sp³-hybridized carbons (Fsp3) is 0.538. The molecule has 0 unspecified atom stereocenters. The van der Waals surface area contributed by atoms with E-state index in [2.05, 4.69) is 27.7 Å². The number of halogens is 1. The van der Waals surface area contributed by atoms with Gasteiger partial charge in [-0.3, -0.25) is 0 Å². The number of hydrogen-bond donors (Lipinski definition) is 1. The number of anilines is 1. The normalized spacial score (nSPS) is 21.2. The lowest BCUT2D eigenvalue weighted by atomic mass is 9.33. The first-order chi connectivity index (χ1) is 7.67. The number of benzene rings is 1. The topological polar surface area (TPSA) is 35.2 Å². The second kappa shape index (κ2) is 3.48. The van der Waals surface area contributed by atoms with Crippen molar-refractivity contribution in [1.82, 2.24) is 0 Å². The van der Waals surface area contributed by atoms with E-state index in [1.807, 2.05) is 6.07 Å². The maximum Gasteiger partial charge on any atom is 0.335 e. The van der Waals surface area contributed by atoms with Gasteiger partial charge in [-0.2, -0.15) is 0 Å². The molecule has 0 aromatic heterocycles. The van der Waals surface area contributed by atoms with Gasteiger partial charge in [0.05, 0.1) is 5.69 Å². The quantitative estimate of drug-likeness (QED) is 0.599. The van der Waals surface area contributed by atoms with Gasteiger partial charge in [0, 0.05) is 10.9 Å². The minimum atomic E-state index is -0.329. The van der Waals surface area contributed by atoms with Gasteiger partial charge in [-0.1, -0.05) is 19.9 Å². The average molecular weight is 235 g/mol. The van der Waals surface area contributed by atoms with Crippen LogP contribution in [0.25, 0.3) is 0 Å². The molecule has 0 radical (unpaired) electrons. The summed E-state index contributed by atoms with van der Waals surface area (Å²) in [6, 6.07) is 3.51. The fourth-order valence-electron chi connectivity index (χ4n) is 2.31. The lowest BCUT2D eigenvalue weighted by Gasteiger charge is -2.57. The van der Waals surface area contributed by atoms with Crippen LogP contribution in [-0.2, 0) is 4.65 Å². The smallest absolute Gasteiger partial charge is 0.335 e. The van der Waals surface area contributed by atoms with Gasteiger partial charge in [-0.15, -0.1) is 0 Å². The third-order valence-electron chi connectivity index (χ3n) is 4.23. The second-order valence-corrected chi connectivity index (χ2v) is 5.97. The van der Waals surface area contributed by atoms with E-state index < -0.39 is 0 Å². The molecule has 0 spiro atoms. The molecule has 0 amide bonds. The van der Waals surface area contributed by atoms with E-state index >= 15 is 0 Å². The zero-order valence-corrected chi connectivity index (χ0v) is 11.1. The molecule has 2 N–H and O–H groups in total. The molecule has 92 valence electrons. The van der Waals surface area contributed by atoms with Crippen molar-refractivity contribution in [3.05, 3.63) is 23.5 Å². The second-order valence-electron chi connectivity index (χ2n) is 5.97. The van der Waals surface area contributed by atoms with E-state index in [0.29, 0.717) is 5.56 Å². The van der Waals surface area contributed by atoms with Crippen LogP contribution in [0.15, 0.2) is 12.1 Å². The lowest BCUT2D eigenvalue weighted by Crippen LogP contribution is -2.66. The molecule has 1 aliphatic rings. The molecule has 1 saturated heterocycles. The van der Waals surface area contributed by atoms with Crippen LogP contribution in [0.1, 0.15) is 33.3 Å². The van der Waals surface area contributed by atoms with Crippen LogP contribution in [0.3, 0.4) is 0 Å². The van der Waals surface area contributed by atoms with Gasteiger partial charge in [0.25, 0.3) is 0 Å². The zero-order chi connectivity index (χ0) is 13.0. The Kier molecular flexibility index (Phi) is 2.55. The Morgan fingerprint density at radius 1 is 1.24 bits per heavy atom. The number of nitrogen functional groups attached to an aromatic ring is 1. The molecule has 0 bridgehead atoms. The molecule has 0 aliphatic carbocycles. The maximum atomic E-state index is 13.5. The zero-order valence-electron chi connectivity index (χ0n) is 11.1. The summed E-state index contributed by atoms with van der Waals surface area (Å²) in [5.74, 6) is -0.329. The Morgan fingerprint density at radius 2 is 1.82 bits per heavy atom. The van der Waals surface area contributed by atoms with Crippen LogP contribution in [0, 0.1) is 12.7 Å². The summed E-state index contributed by atoms with van der Waals surface area (Å²) >= 11 is 0. The van der Waals surface area contributed by atoms with Crippen molar-refractivity contribution in [2.24, 2.45) is 0 Å². The molecule has 2 rings (SSSR count). The Labute approximate surface area is 102 Å². The molecule has 1 heterocycles. The average Bonchev–Trinajstić information content (AvgIpc) is 2.22.